The van der Waals surface area contributed by atoms with E-state index in [1.54, 1.807) is 0 Å². The summed E-state index contributed by atoms with van der Waals surface area (Å²) < 4.78 is 38.0. The van der Waals surface area contributed by atoms with Gasteiger partial charge in [0.25, 0.3) is 0 Å². The van der Waals surface area contributed by atoms with Crippen LogP contribution in [0.3, 0.4) is 0 Å². The molecule has 2 fully saturated rings. The van der Waals surface area contributed by atoms with E-state index >= 15 is 0 Å². The zero-order valence-corrected chi connectivity index (χ0v) is 10.8. The van der Waals surface area contributed by atoms with Gasteiger partial charge in [0.05, 0.1) is 0 Å². The third kappa shape index (κ3) is 2.38. The molecule has 0 radical (unpaired) electrons. The maximum Gasteiger partial charge on any atom is 0.433 e. The number of alkyl halides is 4. The van der Waals surface area contributed by atoms with Crippen LogP contribution in [0.15, 0.2) is 12.3 Å². The van der Waals surface area contributed by atoms with Gasteiger partial charge in [0.15, 0.2) is 0 Å². The van der Waals surface area contributed by atoms with Crippen molar-refractivity contribution in [1.82, 2.24) is 9.97 Å². The summed E-state index contributed by atoms with van der Waals surface area (Å²) in [5.74, 6) is 0.186. The Kier molecular flexibility index (Phi) is 3.08. The number of fused-ring (bicyclic) bond motifs is 2. The van der Waals surface area contributed by atoms with Gasteiger partial charge in [-0.15, -0.1) is 11.6 Å². The van der Waals surface area contributed by atoms with Crippen LogP contribution in [0.5, 0.6) is 0 Å². The van der Waals surface area contributed by atoms with Crippen molar-refractivity contribution in [1.29, 1.82) is 0 Å². The fraction of sp³-hybridized carbons (Fsp3) is 0.667. The minimum atomic E-state index is -4.43. The molecule has 0 saturated carbocycles. The number of piperidine rings is 1. The van der Waals surface area contributed by atoms with Gasteiger partial charge in [0.2, 0.25) is 5.95 Å². The normalized spacial score (nSPS) is 30.7. The number of nitrogens with zero attached hydrogens (tertiary/aromatic N) is 3. The van der Waals surface area contributed by atoms with E-state index in [1.807, 2.05) is 4.90 Å². The largest absolute Gasteiger partial charge is 0.433 e. The molecule has 19 heavy (non-hydrogen) atoms. The lowest BCUT2D eigenvalue weighted by atomic mass is 10.0. The summed E-state index contributed by atoms with van der Waals surface area (Å²) in [5.41, 5.74) is -0.884. The fourth-order valence-corrected chi connectivity index (χ4v) is 3.48. The molecule has 2 aliphatic rings. The lowest BCUT2D eigenvalue weighted by Crippen LogP contribution is -2.44. The van der Waals surface area contributed by atoms with E-state index in [-0.39, 0.29) is 23.4 Å². The second kappa shape index (κ2) is 4.51. The van der Waals surface area contributed by atoms with Gasteiger partial charge in [0, 0.05) is 23.7 Å². The van der Waals surface area contributed by atoms with Crippen LogP contribution in [0.1, 0.15) is 31.4 Å². The van der Waals surface area contributed by atoms with Crippen LogP contribution in [0.4, 0.5) is 19.1 Å². The van der Waals surface area contributed by atoms with E-state index in [0.29, 0.717) is 0 Å². The number of hydrogen-bond donors (Lipinski definition) is 0. The molecular weight excluding hydrogens is 279 g/mol. The third-order valence-corrected chi connectivity index (χ3v) is 4.20. The predicted molar refractivity (Wildman–Crippen MR) is 65.2 cm³/mol. The standard InChI is InChI=1S/C12H13ClF3N3/c13-7-5-8-1-2-9(6-7)19(8)11-17-4-3-10(18-11)12(14,15)16/h3-4,7-9H,1-2,5-6H2. The van der Waals surface area contributed by atoms with Gasteiger partial charge in [-0.3, -0.25) is 0 Å². The molecule has 2 atom stereocenters. The Labute approximate surface area is 113 Å². The summed E-state index contributed by atoms with van der Waals surface area (Å²) in [6, 6.07) is 1.24. The molecule has 2 unspecified atom stereocenters. The highest BCUT2D eigenvalue weighted by molar-refractivity contribution is 6.20. The summed E-state index contributed by atoms with van der Waals surface area (Å²) in [6.07, 6.45) is 0.231. The second-order valence-corrected chi connectivity index (χ2v) is 5.72. The molecule has 1 aromatic heterocycles. The Balaban J connectivity index is 1.91. The first-order valence-electron chi connectivity index (χ1n) is 6.28. The number of hydrogen-bond acceptors (Lipinski definition) is 3. The van der Waals surface area contributed by atoms with Crippen molar-refractivity contribution in [3.05, 3.63) is 18.0 Å². The van der Waals surface area contributed by atoms with Gasteiger partial charge in [0.1, 0.15) is 5.69 Å². The van der Waals surface area contributed by atoms with Crippen LogP contribution in [-0.2, 0) is 6.18 Å². The van der Waals surface area contributed by atoms with Crippen molar-refractivity contribution in [2.45, 2.75) is 49.3 Å². The quantitative estimate of drug-likeness (QED) is 0.744. The van der Waals surface area contributed by atoms with Crippen LogP contribution in [0.25, 0.3) is 0 Å². The van der Waals surface area contributed by atoms with Crippen LogP contribution in [0.2, 0.25) is 0 Å². The first-order valence-corrected chi connectivity index (χ1v) is 6.71. The molecule has 3 rings (SSSR count). The Morgan fingerprint density at radius 2 is 1.84 bits per heavy atom. The van der Waals surface area contributed by atoms with Crippen molar-refractivity contribution in [2.75, 3.05) is 4.90 Å². The van der Waals surface area contributed by atoms with Gasteiger partial charge in [-0.1, -0.05) is 0 Å². The summed E-state index contributed by atoms with van der Waals surface area (Å²) in [5, 5.41) is 0.111. The minimum Gasteiger partial charge on any atom is -0.335 e. The average molecular weight is 292 g/mol. The van der Waals surface area contributed by atoms with Gasteiger partial charge in [-0.25, -0.2) is 9.97 Å². The molecule has 104 valence electrons. The summed E-state index contributed by atoms with van der Waals surface area (Å²) in [7, 11) is 0. The van der Waals surface area contributed by atoms with Crippen molar-refractivity contribution in [3.63, 3.8) is 0 Å². The van der Waals surface area contributed by atoms with E-state index < -0.39 is 11.9 Å². The Morgan fingerprint density at radius 1 is 1.21 bits per heavy atom. The molecule has 0 amide bonds. The smallest absolute Gasteiger partial charge is 0.335 e. The van der Waals surface area contributed by atoms with Gasteiger partial charge < -0.3 is 4.90 Å². The van der Waals surface area contributed by atoms with Crippen LogP contribution < -0.4 is 4.90 Å². The number of halogens is 4. The number of anilines is 1. The van der Waals surface area contributed by atoms with E-state index in [9.17, 15) is 13.2 Å². The first kappa shape index (κ1) is 13.0. The Hall–Kier alpha value is -1.04. The van der Waals surface area contributed by atoms with Gasteiger partial charge in [-0.2, -0.15) is 13.2 Å². The SMILES string of the molecule is FC(F)(F)c1ccnc(N2C3CCC2CC(Cl)C3)n1. The molecule has 7 heteroatoms. The molecule has 3 nitrogen and oxygen atoms in total. The van der Waals surface area contributed by atoms with E-state index in [4.69, 9.17) is 11.6 Å². The predicted octanol–water partition coefficient (Wildman–Crippen LogP) is 3.23. The fourth-order valence-electron chi connectivity index (χ4n) is 3.07. The highest BCUT2D eigenvalue weighted by Gasteiger charge is 2.42. The highest BCUT2D eigenvalue weighted by atomic mass is 35.5. The van der Waals surface area contributed by atoms with Crippen LogP contribution in [-0.4, -0.2) is 27.4 Å². The molecule has 2 bridgehead atoms. The maximum absolute atomic E-state index is 12.7. The molecule has 0 N–H and O–H groups in total. The molecule has 0 aromatic carbocycles. The third-order valence-electron chi connectivity index (χ3n) is 3.84. The second-order valence-electron chi connectivity index (χ2n) is 5.10. The van der Waals surface area contributed by atoms with E-state index in [0.717, 1.165) is 31.7 Å². The molecule has 2 saturated heterocycles. The van der Waals surface area contributed by atoms with Gasteiger partial charge in [-0.05, 0) is 31.7 Å². The summed E-state index contributed by atoms with van der Waals surface area (Å²) >= 11 is 6.16. The highest BCUT2D eigenvalue weighted by Crippen LogP contribution is 2.40. The van der Waals surface area contributed by atoms with Crippen LogP contribution >= 0.6 is 11.6 Å². The zero-order valence-electron chi connectivity index (χ0n) is 10.1. The molecule has 1 aromatic rings. The molecule has 0 aliphatic carbocycles. The summed E-state index contributed by atoms with van der Waals surface area (Å²) in [6.45, 7) is 0. The first-order chi connectivity index (χ1) is 8.95. The molecule has 0 spiro atoms. The Morgan fingerprint density at radius 3 is 2.42 bits per heavy atom. The van der Waals surface area contributed by atoms with E-state index in [1.165, 1.54) is 6.20 Å². The van der Waals surface area contributed by atoms with Crippen molar-refractivity contribution in [2.24, 2.45) is 0 Å². The van der Waals surface area contributed by atoms with Crippen molar-refractivity contribution < 1.29 is 13.2 Å². The molecule has 3 heterocycles. The number of rotatable bonds is 1. The Bertz CT molecular complexity index is 466. The van der Waals surface area contributed by atoms with Gasteiger partial charge >= 0.3 is 6.18 Å². The molecule has 2 aliphatic heterocycles. The summed E-state index contributed by atoms with van der Waals surface area (Å²) in [4.78, 5) is 9.62. The lowest BCUT2D eigenvalue weighted by Gasteiger charge is -2.37. The van der Waals surface area contributed by atoms with Crippen LogP contribution in [0, 0.1) is 0 Å². The maximum atomic E-state index is 12.7. The lowest BCUT2D eigenvalue weighted by molar-refractivity contribution is -0.141. The zero-order chi connectivity index (χ0) is 13.6. The monoisotopic (exact) mass is 291 g/mol. The van der Waals surface area contributed by atoms with Crippen molar-refractivity contribution in [3.8, 4) is 0 Å². The van der Waals surface area contributed by atoms with Crippen molar-refractivity contribution >= 4 is 17.5 Å². The number of aromatic nitrogens is 2. The molecular formula is C12H13ClF3N3. The minimum absolute atomic E-state index is 0.111. The topological polar surface area (TPSA) is 29.0 Å². The van der Waals surface area contributed by atoms with E-state index in [2.05, 4.69) is 9.97 Å². The average Bonchev–Trinajstić information content (AvgIpc) is 2.61.